The lowest BCUT2D eigenvalue weighted by Gasteiger charge is -2.11. The fraction of sp³-hybridized carbons (Fsp3) is 0.273. The van der Waals surface area contributed by atoms with Gasteiger partial charge in [-0.25, -0.2) is 15.8 Å². The number of imidazole rings is 1. The van der Waals surface area contributed by atoms with Crippen LogP contribution in [0.25, 0.3) is 5.82 Å². The maximum atomic E-state index is 6.16. The highest BCUT2D eigenvalue weighted by Crippen LogP contribution is 2.28. The highest BCUT2D eigenvalue weighted by molar-refractivity contribution is 6.36. The molecule has 7 heteroatoms. The summed E-state index contributed by atoms with van der Waals surface area (Å²) >= 11 is 12.1. The summed E-state index contributed by atoms with van der Waals surface area (Å²) in [7, 11) is 0. The molecule has 0 fully saturated rings. The van der Waals surface area contributed by atoms with Crippen molar-refractivity contribution in [1.29, 1.82) is 0 Å². The fourth-order valence-corrected chi connectivity index (χ4v) is 2.17. The van der Waals surface area contributed by atoms with Crippen molar-refractivity contribution in [2.24, 2.45) is 5.84 Å². The van der Waals surface area contributed by atoms with Gasteiger partial charge in [0, 0.05) is 18.8 Å². The first kappa shape index (κ1) is 13.1. The number of aryl methyl sites for hydroxylation is 1. The summed E-state index contributed by atoms with van der Waals surface area (Å²) in [4.78, 5) is 8.58. The number of hydrogen-bond donors (Lipinski definition) is 2. The van der Waals surface area contributed by atoms with Gasteiger partial charge >= 0.3 is 0 Å². The van der Waals surface area contributed by atoms with Crippen LogP contribution in [-0.4, -0.2) is 14.5 Å². The van der Waals surface area contributed by atoms with E-state index in [0.717, 1.165) is 18.7 Å². The first-order valence-corrected chi connectivity index (χ1v) is 6.28. The Hall–Kier alpha value is -1.30. The van der Waals surface area contributed by atoms with Crippen molar-refractivity contribution in [3.05, 3.63) is 34.3 Å². The van der Waals surface area contributed by atoms with Crippen molar-refractivity contribution >= 4 is 29.0 Å². The summed E-state index contributed by atoms with van der Waals surface area (Å²) < 4.78 is 1.84. The molecule has 2 rings (SSSR count). The number of aromatic nitrogens is 3. The van der Waals surface area contributed by atoms with Gasteiger partial charge in [-0.15, -0.1) is 0 Å². The topological polar surface area (TPSA) is 68.8 Å². The molecule has 0 aliphatic carbocycles. The van der Waals surface area contributed by atoms with Gasteiger partial charge in [0.15, 0.2) is 11.6 Å². The SMILES string of the molecule is CCCc1nccn1-c1nc(NN)c(Cl)cc1Cl. The summed E-state index contributed by atoms with van der Waals surface area (Å²) in [5, 5.41) is 0.831. The third-order valence-electron chi connectivity index (χ3n) is 2.47. The van der Waals surface area contributed by atoms with Gasteiger partial charge in [0.05, 0.1) is 10.0 Å². The molecular weight excluding hydrogens is 273 g/mol. The number of nitrogens with one attached hydrogen (secondary N) is 1. The Bertz CT molecular complexity index is 552. The van der Waals surface area contributed by atoms with Crippen LogP contribution >= 0.6 is 23.2 Å². The molecule has 18 heavy (non-hydrogen) atoms. The summed E-state index contributed by atoms with van der Waals surface area (Å²) in [6.45, 7) is 2.09. The van der Waals surface area contributed by atoms with E-state index in [-0.39, 0.29) is 0 Å². The van der Waals surface area contributed by atoms with Crippen molar-refractivity contribution in [2.75, 3.05) is 5.43 Å². The smallest absolute Gasteiger partial charge is 0.161 e. The third kappa shape index (κ3) is 2.43. The van der Waals surface area contributed by atoms with Crippen LogP contribution in [0.4, 0.5) is 5.82 Å². The molecule has 0 aliphatic heterocycles. The minimum atomic E-state index is 0.378. The maximum Gasteiger partial charge on any atom is 0.161 e. The number of nitrogen functional groups attached to an aromatic ring is 1. The van der Waals surface area contributed by atoms with Crippen LogP contribution < -0.4 is 11.3 Å². The minimum absolute atomic E-state index is 0.378. The van der Waals surface area contributed by atoms with Crippen LogP contribution in [0.1, 0.15) is 19.2 Å². The van der Waals surface area contributed by atoms with Gasteiger partial charge in [0.1, 0.15) is 5.82 Å². The molecule has 0 aromatic carbocycles. The van der Waals surface area contributed by atoms with Crippen molar-refractivity contribution in [2.45, 2.75) is 19.8 Å². The average Bonchev–Trinajstić information content (AvgIpc) is 2.78. The van der Waals surface area contributed by atoms with Gasteiger partial charge in [-0.05, 0) is 12.5 Å². The van der Waals surface area contributed by atoms with Crippen molar-refractivity contribution in [3.63, 3.8) is 0 Å². The molecule has 0 spiro atoms. The molecule has 96 valence electrons. The van der Waals surface area contributed by atoms with Gasteiger partial charge in [-0.1, -0.05) is 30.1 Å². The van der Waals surface area contributed by atoms with E-state index in [2.05, 4.69) is 22.3 Å². The van der Waals surface area contributed by atoms with E-state index in [1.165, 1.54) is 0 Å². The number of rotatable bonds is 4. The predicted octanol–water partition coefficient (Wildman–Crippen LogP) is 2.81. The molecule has 2 aromatic heterocycles. The molecule has 0 bridgehead atoms. The fourth-order valence-electron chi connectivity index (χ4n) is 1.66. The molecule has 2 heterocycles. The second-order valence-electron chi connectivity index (χ2n) is 3.73. The van der Waals surface area contributed by atoms with Gasteiger partial charge in [-0.2, -0.15) is 0 Å². The molecule has 0 amide bonds. The van der Waals surface area contributed by atoms with Crippen LogP contribution in [0.5, 0.6) is 0 Å². The second kappa shape index (κ2) is 5.56. The summed E-state index contributed by atoms with van der Waals surface area (Å²) in [5.74, 6) is 7.20. The predicted molar refractivity (Wildman–Crippen MR) is 73.2 cm³/mol. The van der Waals surface area contributed by atoms with Crippen molar-refractivity contribution in [1.82, 2.24) is 14.5 Å². The monoisotopic (exact) mass is 285 g/mol. The Morgan fingerprint density at radius 3 is 2.83 bits per heavy atom. The van der Waals surface area contributed by atoms with Gasteiger partial charge in [0.25, 0.3) is 0 Å². The largest absolute Gasteiger partial charge is 0.307 e. The summed E-state index contributed by atoms with van der Waals surface area (Å²) in [6, 6.07) is 1.61. The van der Waals surface area contributed by atoms with E-state index in [4.69, 9.17) is 29.0 Å². The molecular formula is C11H13Cl2N5. The Morgan fingerprint density at radius 2 is 2.17 bits per heavy atom. The van der Waals surface area contributed by atoms with Gasteiger partial charge in [0.2, 0.25) is 0 Å². The highest BCUT2D eigenvalue weighted by atomic mass is 35.5. The Balaban J connectivity index is 2.52. The molecule has 0 saturated heterocycles. The number of halogens is 2. The molecule has 0 saturated carbocycles. The standard InChI is InChI=1S/C11H13Cl2N5/c1-2-3-9-15-4-5-18(9)11-8(13)6-7(12)10(16-11)17-14/h4-6H,2-3,14H2,1H3,(H,16,17). The minimum Gasteiger partial charge on any atom is -0.307 e. The molecule has 0 aliphatic rings. The van der Waals surface area contributed by atoms with E-state index in [1.54, 1.807) is 12.3 Å². The lowest BCUT2D eigenvalue weighted by Crippen LogP contribution is -2.11. The Morgan fingerprint density at radius 1 is 1.39 bits per heavy atom. The van der Waals surface area contributed by atoms with Gasteiger partial charge < -0.3 is 5.43 Å². The number of hydrogen-bond acceptors (Lipinski definition) is 4. The van der Waals surface area contributed by atoms with E-state index in [9.17, 15) is 0 Å². The van der Waals surface area contributed by atoms with Crippen LogP contribution in [0, 0.1) is 0 Å². The molecule has 0 atom stereocenters. The number of anilines is 1. The molecule has 2 aromatic rings. The number of nitrogens with two attached hydrogens (primary N) is 1. The second-order valence-corrected chi connectivity index (χ2v) is 4.55. The van der Waals surface area contributed by atoms with Crippen LogP contribution in [0.15, 0.2) is 18.5 Å². The summed E-state index contributed by atoms with van der Waals surface area (Å²) in [6.07, 6.45) is 5.36. The average molecular weight is 286 g/mol. The maximum absolute atomic E-state index is 6.16. The zero-order valence-electron chi connectivity index (χ0n) is 9.82. The number of nitrogens with zero attached hydrogens (tertiary/aromatic N) is 3. The normalized spacial score (nSPS) is 10.7. The highest BCUT2D eigenvalue weighted by Gasteiger charge is 2.13. The van der Waals surface area contributed by atoms with E-state index in [0.29, 0.717) is 21.7 Å². The van der Waals surface area contributed by atoms with E-state index in [1.807, 2.05) is 10.8 Å². The van der Waals surface area contributed by atoms with Crippen LogP contribution in [0.3, 0.4) is 0 Å². The lowest BCUT2D eigenvalue weighted by molar-refractivity contribution is 0.798. The van der Waals surface area contributed by atoms with E-state index >= 15 is 0 Å². The molecule has 0 unspecified atom stereocenters. The number of hydrazine groups is 1. The quantitative estimate of drug-likeness (QED) is 0.670. The first-order valence-electron chi connectivity index (χ1n) is 5.52. The zero-order chi connectivity index (χ0) is 13.1. The van der Waals surface area contributed by atoms with E-state index < -0.39 is 0 Å². The summed E-state index contributed by atoms with van der Waals surface area (Å²) in [5.41, 5.74) is 2.44. The van der Waals surface area contributed by atoms with Crippen molar-refractivity contribution in [3.8, 4) is 5.82 Å². The van der Waals surface area contributed by atoms with Crippen molar-refractivity contribution < 1.29 is 0 Å². The molecule has 0 radical (unpaired) electrons. The Labute approximate surface area is 115 Å². The third-order valence-corrected chi connectivity index (χ3v) is 3.03. The number of pyridine rings is 1. The first-order chi connectivity index (χ1) is 8.67. The van der Waals surface area contributed by atoms with Crippen LogP contribution in [0.2, 0.25) is 10.0 Å². The van der Waals surface area contributed by atoms with Crippen LogP contribution in [-0.2, 0) is 6.42 Å². The Kier molecular flexibility index (Phi) is 4.06. The lowest BCUT2D eigenvalue weighted by atomic mass is 10.3. The molecule has 5 nitrogen and oxygen atoms in total. The zero-order valence-corrected chi connectivity index (χ0v) is 11.3. The van der Waals surface area contributed by atoms with Gasteiger partial charge in [-0.3, -0.25) is 4.57 Å². The molecule has 3 N–H and O–H groups in total.